The maximum Gasteiger partial charge on any atom is 0.328 e. The number of hydrogen-bond acceptors (Lipinski definition) is 2. The van der Waals surface area contributed by atoms with Crippen LogP contribution in [-0.2, 0) is 4.79 Å². The van der Waals surface area contributed by atoms with Gasteiger partial charge in [0.1, 0.15) is 5.82 Å². The molecule has 0 aliphatic heterocycles. The largest absolute Gasteiger partial charge is 0.478 e. The van der Waals surface area contributed by atoms with E-state index in [4.69, 9.17) is 5.11 Å². The Labute approximate surface area is 120 Å². The van der Waals surface area contributed by atoms with Crippen molar-refractivity contribution in [3.8, 4) is 0 Å². The lowest BCUT2D eigenvalue weighted by Gasteiger charge is -2.06. The lowest BCUT2D eigenvalue weighted by Crippen LogP contribution is -2.12. The fourth-order valence-corrected chi connectivity index (χ4v) is 1.67. The highest BCUT2D eigenvalue weighted by Gasteiger charge is 2.08. The SMILES string of the molecule is O=C(O)C=Cc1ccc(C(=O)Nc2ccccc2F)cc1. The summed E-state index contributed by atoms with van der Waals surface area (Å²) in [7, 11) is 0. The Hall–Kier alpha value is -2.95. The van der Waals surface area contributed by atoms with Gasteiger partial charge in [-0.2, -0.15) is 0 Å². The van der Waals surface area contributed by atoms with Gasteiger partial charge in [-0.3, -0.25) is 4.79 Å². The van der Waals surface area contributed by atoms with Crippen LogP contribution in [0.25, 0.3) is 6.08 Å². The first kappa shape index (κ1) is 14.5. The summed E-state index contributed by atoms with van der Waals surface area (Å²) in [6, 6.07) is 12.2. The molecule has 0 aliphatic rings. The molecule has 1 amide bonds. The van der Waals surface area contributed by atoms with Gasteiger partial charge in [0.05, 0.1) is 5.69 Å². The van der Waals surface area contributed by atoms with Crippen LogP contribution < -0.4 is 5.32 Å². The molecule has 0 saturated carbocycles. The number of amides is 1. The molecule has 0 atom stereocenters. The third-order valence-electron chi connectivity index (χ3n) is 2.71. The van der Waals surface area contributed by atoms with Crippen molar-refractivity contribution in [1.29, 1.82) is 0 Å². The zero-order chi connectivity index (χ0) is 15.2. The standard InChI is InChI=1S/C16H12FNO3/c17-13-3-1-2-4-14(13)18-16(21)12-8-5-11(6-9-12)7-10-15(19)20/h1-10H,(H,18,21)(H,19,20). The van der Waals surface area contributed by atoms with E-state index in [-0.39, 0.29) is 5.69 Å². The van der Waals surface area contributed by atoms with Crippen molar-refractivity contribution in [2.24, 2.45) is 0 Å². The number of carboxylic acids is 1. The van der Waals surface area contributed by atoms with E-state index >= 15 is 0 Å². The Kier molecular flexibility index (Phi) is 4.46. The summed E-state index contributed by atoms with van der Waals surface area (Å²) in [5.41, 5.74) is 1.11. The molecule has 0 aliphatic carbocycles. The Morgan fingerprint density at radius 2 is 1.71 bits per heavy atom. The molecule has 0 heterocycles. The molecule has 5 heteroatoms. The van der Waals surface area contributed by atoms with Gasteiger partial charge in [-0.25, -0.2) is 9.18 Å². The number of nitrogens with one attached hydrogen (secondary N) is 1. The summed E-state index contributed by atoms with van der Waals surface area (Å²) in [6.07, 6.45) is 2.43. The van der Waals surface area contributed by atoms with E-state index in [1.54, 1.807) is 18.2 Å². The van der Waals surface area contributed by atoms with Crippen LogP contribution >= 0.6 is 0 Å². The molecule has 2 N–H and O–H groups in total. The van der Waals surface area contributed by atoms with E-state index in [1.807, 2.05) is 0 Å². The van der Waals surface area contributed by atoms with Crippen molar-refractivity contribution in [1.82, 2.24) is 0 Å². The summed E-state index contributed by atoms with van der Waals surface area (Å²) in [4.78, 5) is 22.4. The van der Waals surface area contributed by atoms with Gasteiger partial charge in [0.2, 0.25) is 0 Å². The van der Waals surface area contributed by atoms with E-state index in [1.165, 1.54) is 36.4 Å². The predicted octanol–water partition coefficient (Wildman–Crippen LogP) is 3.18. The number of carboxylic acid groups (broad SMARTS) is 1. The average Bonchev–Trinajstić information content (AvgIpc) is 2.48. The third-order valence-corrected chi connectivity index (χ3v) is 2.71. The molecule has 2 aromatic rings. The molecule has 0 aromatic heterocycles. The first-order valence-electron chi connectivity index (χ1n) is 6.13. The molecule has 0 radical (unpaired) electrons. The normalized spacial score (nSPS) is 10.5. The van der Waals surface area contributed by atoms with Crippen molar-refractivity contribution in [2.45, 2.75) is 0 Å². The van der Waals surface area contributed by atoms with Crippen LogP contribution in [0.3, 0.4) is 0 Å². The highest BCUT2D eigenvalue weighted by atomic mass is 19.1. The number of hydrogen-bond donors (Lipinski definition) is 2. The quantitative estimate of drug-likeness (QED) is 0.848. The van der Waals surface area contributed by atoms with Crippen LogP contribution in [0.1, 0.15) is 15.9 Å². The molecule has 4 nitrogen and oxygen atoms in total. The van der Waals surface area contributed by atoms with E-state index in [0.29, 0.717) is 11.1 Å². The first-order valence-corrected chi connectivity index (χ1v) is 6.13. The second kappa shape index (κ2) is 6.47. The highest BCUT2D eigenvalue weighted by molar-refractivity contribution is 6.04. The van der Waals surface area contributed by atoms with Gasteiger partial charge in [0, 0.05) is 11.6 Å². The van der Waals surface area contributed by atoms with Gasteiger partial charge in [0.15, 0.2) is 0 Å². The van der Waals surface area contributed by atoms with Crippen LogP contribution in [0.4, 0.5) is 10.1 Å². The molecule has 0 fully saturated rings. The maximum absolute atomic E-state index is 13.4. The second-order valence-corrected chi connectivity index (χ2v) is 4.23. The second-order valence-electron chi connectivity index (χ2n) is 4.23. The zero-order valence-electron chi connectivity index (χ0n) is 10.9. The molecule has 0 unspecified atom stereocenters. The van der Waals surface area contributed by atoms with Crippen LogP contribution in [0.2, 0.25) is 0 Å². The van der Waals surface area contributed by atoms with Crippen LogP contribution in [0.15, 0.2) is 54.6 Å². The van der Waals surface area contributed by atoms with Crippen LogP contribution in [-0.4, -0.2) is 17.0 Å². The van der Waals surface area contributed by atoms with Gasteiger partial charge in [0.25, 0.3) is 5.91 Å². The lowest BCUT2D eigenvalue weighted by atomic mass is 10.1. The van der Waals surface area contributed by atoms with Gasteiger partial charge in [-0.05, 0) is 35.9 Å². The fraction of sp³-hybridized carbons (Fsp3) is 0. The number of anilines is 1. The lowest BCUT2D eigenvalue weighted by molar-refractivity contribution is -0.131. The average molecular weight is 285 g/mol. The van der Waals surface area contributed by atoms with Gasteiger partial charge < -0.3 is 10.4 Å². The Morgan fingerprint density at radius 1 is 1.05 bits per heavy atom. The minimum Gasteiger partial charge on any atom is -0.478 e. The third kappa shape index (κ3) is 4.01. The number of rotatable bonds is 4. The van der Waals surface area contributed by atoms with Crippen molar-refractivity contribution >= 4 is 23.6 Å². The number of carbonyl (C=O) groups excluding carboxylic acids is 1. The Morgan fingerprint density at radius 3 is 2.33 bits per heavy atom. The molecule has 0 spiro atoms. The molecular formula is C16H12FNO3. The number of halogens is 1. The Bertz CT molecular complexity index is 693. The zero-order valence-corrected chi connectivity index (χ0v) is 10.9. The van der Waals surface area contributed by atoms with Crippen LogP contribution in [0.5, 0.6) is 0 Å². The van der Waals surface area contributed by atoms with Gasteiger partial charge >= 0.3 is 5.97 Å². The highest BCUT2D eigenvalue weighted by Crippen LogP contribution is 2.14. The number of para-hydroxylation sites is 1. The van der Waals surface area contributed by atoms with Crippen molar-refractivity contribution in [2.75, 3.05) is 5.32 Å². The number of carbonyl (C=O) groups is 2. The minimum atomic E-state index is -1.05. The van der Waals surface area contributed by atoms with E-state index in [0.717, 1.165) is 6.08 Å². The molecule has 2 rings (SSSR count). The number of aliphatic carboxylic acids is 1. The van der Waals surface area contributed by atoms with Gasteiger partial charge in [-0.1, -0.05) is 24.3 Å². The van der Waals surface area contributed by atoms with Crippen molar-refractivity contribution in [3.63, 3.8) is 0 Å². The predicted molar refractivity (Wildman–Crippen MR) is 77.5 cm³/mol. The summed E-state index contributed by atoms with van der Waals surface area (Å²) in [5.74, 6) is -1.99. The smallest absolute Gasteiger partial charge is 0.328 e. The molecule has 0 saturated heterocycles. The van der Waals surface area contributed by atoms with Crippen LogP contribution in [0, 0.1) is 5.82 Å². The topological polar surface area (TPSA) is 66.4 Å². The monoisotopic (exact) mass is 285 g/mol. The molecule has 106 valence electrons. The Balaban J connectivity index is 2.10. The summed E-state index contributed by atoms with van der Waals surface area (Å²) >= 11 is 0. The fourth-order valence-electron chi connectivity index (χ4n) is 1.67. The van der Waals surface area contributed by atoms with Gasteiger partial charge in [-0.15, -0.1) is 0 Å². The maximum atomic E-state index is 13.4. The summed E-state index contributed by atoms with van der Waals surface area (Å²) in [5, 5.41) is 11.0. The van der Waals surface area contributed by atoms with Crippen molar-refractivity contribution in [3.05, 3.63) is 71.6 Å². The summed E-state index contributed by atoms with van der Waals surface area (Å²) < 4.78 is 13.4. The molecule has 0 bridgehead atoms. The summed E-state index contributed by atoms with van der Waals surface area (Å²) in [6.45, 7) is 0. The molecule has 21 heavy (non-hydrogen) atoms. The van der Waals surface area contributed by atoms with E-state index in [2.05, 4.69) is 5.32 Å². The minimum absolute atomic E-state index is 0.109. The van der Waals surface area contributed by atoms with E-state index < -0.39 is 17.7 Å². The molecular weight excluding hydrogens is 273 g/mol. The number of benzene rings is 2. The van der Waals surface area contributed by atoms with Crippen molar-refractivity contribution < 1.29 is 19.1 Å². The van der Waals surface area contributed by atoms with E-state index in [9.17, 15) is 14.0 Å². The first-order chi connectivity index (χ1) is 10.1. The molecule has 2 aromatic carbocycles.